The molecule has 0 spiro atoms. The first-order valence-electron chi connectivity index (χ1n) is 12.1. The first-order chi connectivity index (χ1) is 16.6. The van der Waals surface area contributed by atoms with Crippen molar-refractivity contribution in [2.24, 2.45) is 0 Å². The molecule has 2 amide bonds. The number of amides is 2. The number of fused-ring (bicyclic) bond motifs is 1. The monoisotopic (exact) mass is 454 g/mol. The molecule has 5 nitrogen and oxygen atoms in total. The highest BCUT2D eigenvalue weighted by molar-refractivity contribution is 5.97. The number of anilines is 1. The Balaban J connectivity index is 1.21. The number of hydrogen-bond acceptors (Lipinski definition) is 3. The second kappa shape index (κ2) is 9.82. The summed E-state index contributed by atoms with van der Waals surface area (Å²) in [6.45, 7) is 1.16. The standard InChI is InChI=1S/C29H30N2O3/c32-27(30-20-29(17-6-7-18-29)23-9-2-1-3-10-23)22-12-14-24(15-13-22)31-28(33)26-25-11-5-4-8-21(25)16-19-34-26/h1-5,8-15,26H,6-7,16-20H2,(H,30,32)(H,31,33). The molecule has 2 N–H and O–H groups in total. The van der Waals surface area contributed by atoms with Crippen molar-refractivity contribution in [2.75, 3.05) is 18.5 Å². The van der Waals surface area contributed by atoms with Gasteiger partial charge in [0.15, 0.2) is 6.10 Å². The van der Waals surface area contributed by atoms with E-state index in [9.17, 15) is 9.59 Å². The largest absolute Gasteiger partial charge is 0.363 e. The minimum absolute atomic E-state index is 0.0150. The maximum absolute atomic E-state index is 12.9. The predicted molar refractivity (Wildman–Crippen MR) is 133 cm³/mol. The van der Waals surface area contributed by atoms with E-state index in [-0.39, 0.29) is 17.2 Å². The van der Waals surface area contributed by atoms with E-state index in [1.54, 1.807) is 24.3 Å². The van der Waals surface area contributed by atoms with E-state index >= 15 is 0 Å². The number of benzene rings is 3. The maximum atomic E-state index is 12.9. The van der Waals surface area contributed by atoms with Crippen molar-refractivity contribution in [2.45, 2.75) is 43.6 Å². The van der Waals surface area contributed by atoms with Crippen LogP contribution in [0.1, 0.15) is 58.8 Å². The minimum Gasteiger partial charge on any atom is -0.363 e. The highest BCUT2D eigenvalue weighted by Crippen LogP contribution is 2.40. The van der Waals surface area contributed by atoms with E-state index < -0.39 is 6.10 Å². The zero-order valence-corrected chi connectivity index (χ0v) is 19.3. The molecule has 5 heteroatoms. The van der Waals surface area contributed by atoms with Gasteiger partial charge in [0.25, 0.3) is 11.8 Å². The zero-order valence-electron chi connectivity index (χ0n) is 19.3. The third kappa shape index (κ3) is 4.62. The van der Waals surface area contributed by atoms with E-state index in [4.69, 9.17) is 4.74 Å². The van der Waals surface area contributed by atoms with Crippen LogP contribution in [0.25, 0.3) is 0 Å². The number of hydrogen-bond donors (Lipinski definition) is 2. The Morgan fingerprint density at radius 2 is 1.59 bits per heavy atom. The molecule has 3 aromatic carbocycles. The summed E-state index contributed by atoms with van der Waals surface area (Å²) < 4.78 is 5.75. The van der Waals surface area contributed by atoms with Crippen molar-refractivity contribution < 1.29 is 14.3 Å². The molecule has 0 radical (unpaired) electrons. The molecule has 3 aromatic rings. The Hall–Kier alpha value is -3.44. The van der Waals surface area contributed by atoms with Gasteiger partial charge >= 0.3 is 0 Å². The van der Waals surface area contributed by atoms with Crippen molar-refractivity contribution in [1.29, 1.82) is 0 Å². The molecule has 5 rings (SSSR count). The van der Waals surface area contributed by atoms with E-state index in [1.807, 2.05) is 30.3 Å². The van der Waals surface area contributed by atoms with Crippen molar-refractivity contribution >= 4 is 17.5 Å². The topological polar surface area (TPSA) is 67.4 Å². The van der Waals surface area contributed by atoms with Gasteiger partial charge in [-0.15, -0.1) is 0 Å². The number of nitrogens with one attached hydrogen (secondary N) is 2. The molecule has 0 bridgehead atoms. The molecular formula is C29H30N2O3. The van der Waals surface area contributed by atoms with Gasteiger partial charge in [0.2, 0.25) is 0 Å². The molecule has 1 fully saturated rings. The van der Waals surface area contributed by atoms with Crippen LogP contribution in [0.15, 0.2) is 78.9 Å². The van der Waals surface area contributed by atoms with Crippen LogP contribution >= 0.6 is 0 Å². The molecule has 34 heavy (non-hydrogen) atoms. The van der Waals surface area contributed by atoms with Crippen molar-refractivity contribution in [3.05, 3.63) is 101 Å². The Labute approximate surface area is 200 Å². The van der Waals surface area contributed by atoms with Crippen LogP contribution in [0.3, 0.4) is 0 Å². The second-order valence-electron chi connectivity index (χ2n) is 9.30. The van der Waals surface area contributed by atoms with Crippen LogP contribution in [0, 0.1) is 0 Å². The second-order valence-corrected chi connectivity index (χ2v) is 9.30. The number of rotatable bonds is 6. The van der Waals surface area contributed by atoms with E-state index in [2.05, 4.69) is 34.9 Å². The van der Waals surface area contributed by atoms with Gasteiger partial charge in [0.05, 0.1) is 6.61 Å². The molecule has 0 aromatic heterocycles. The lowest BCUT2D eigenvalue weighted by Crippen LogP contribution is -2.39. The smallest absolute Gasteiger partial charge is 0.258 e. The Morgan fingerprint density at radius 3 is 2.35 bits per heavy atom. The van der Waals surface area contributed by atoms with Crippen LogP contribution in [0.5, 0.6) is 0 Å². The molecule has 1 atom stereocenters. The van der Waals surface area contributed by atoms with Gasteiger partial charge in [0.1, 0.15) is 0 Å². The molecule has 1 unspecified atom stereocenters. The highest BCUT2D eigenvalue weighted by Gasteiger charge is 2.35. The van der Waals surface area contributed by atoms with Gasteiger partial charge in [-0.2, -0.15) is 0 Å². The molecule has 174 valence electrons. The summed E-state index contributed by atoms with van der Waals surface area (Å²) in [5.74, 6) is -0.292. The van der Waals surface area contributed by atoms with Crippen LogP contribution in [-0.4, -0.2) is 25.0 Å². The summed E-state index contributed by atoms with van der Waals surface area (Å²) in [6.07, 6.45) is 4.76. The number of carbonyl (C=O) groups excluding carboxylic acids is 2. The van der Waals surface area contributed by atoms with Gasteiger partial charge in [-0.1, -0.05) is 67.4 Å². The summed E-state index contributed by atoms with van der Waals surface area (Å²) >= 11 is 0. The zero-order chi connectivity index (χ0) is 23.4. The Bertz CT molecular complexity index is 1150. The third-order valence-corrected chi connectivity index (χ3v) is 7.18. The fraction of sp³-hybridized carbons (Fsp3) is 0.310. The van der Waals surface area contributed by atoms with Gasteiger partial charge in [-0.25, -0.2) is 0 Å². The number of carbonyl (C=O) groups is 2. The predicted octanol–water partition coefficient (Wildman–Crippen LogP) is 5.18. The SMILES string of the molecule is O=C(NCC1(c2ccccc2)CCCC1)c1ccc(NC(=O)C2OCCc3ccccc32)cc1. The van der Waals surface area contributed by atoms with Crippen LogP contribution in [-0.2, 0) is 21.4 Å². The van der Waals surface area contributed by atoms with Gasteiger partial charge < -0.3 is 15.4 Å². The Kier molecular flexibility index (Phi) is 6.45. The molecule has 1 saturated carbocycles. The lowest BCUT2D eigenvalue weighted by molar-refractivity contribution is -0.128. The summed E-state index contributed by atoms with van der Waals surface area (Å²) in [7, 11) is 0. The quantitative estimate of drug-likeness (QED) is 0.539. The minimum atomic E-state index is -0.617. The van der Waals surface area contributed by atoms with Crippen LogP contribution < -0.4 is 10.6 Å². The van der Waals surface area contributed by atoms with Gasteiger partial charge in [-0.3, -0.25) is 9.59 Å². The molecule has 2 aliphatic rings. The lowest BCUT2D eigenvalue weighted by Gasteiger charge is -2.30. The highest BCUT2D eigenvalue weighted by atomic mass is 16.5. The summed E-state index contributed by atoms with van der Waals surface area (Å²) in [6, 6.07) is 25.5. The van der Waals surface area contributed by atoms with Crippen molar-refractivity contribution in [3.63, 3.8) is 0 Å². The number of ether oxygens (including phenoxy) is 1. The molecule has 1 heterocycles. The van der Waals surface area contributed by atoms with Crippen molar-refractivity contribution in [1.82, 2.24) is 5.32 Å². The first kappa shape index (κ1) is 22.4. The first-order valence-corrected chi connectivity index (χ1v) is 12.1. The molecule has 1 aliphatic carbocycles. The molecule has 1 aliphatic heterocycles. The van der Waals surface area contributed by atoms with E-state index in [0.717, 1.165) is 30.4 Å². The normalized spacial score (nSPS) is 18.6. The Morgan fingerprint density at radius 1 is 0.882 bits per heavy atom. The van der Waals surface area contributed by atoms with Crippen LogP contribution in [0.4, 0.5) is 5.69 Å². The van der Waals surface area contributed by atoms with E-state index in [1.165, 1.54) is 18.4 Å². The summed E-state index contributed by atoms with van der Waals surface area (Å²) in [4.78, 5) is 25.7. The lowest BCUT2D eigenvalue weighted by atomic mass is 9.79. The third-order valence-electron chi connectivity index (χ3n) is 7.18. The van der Waals surface area contributed by atoms with Crippen molar-refractivity contribution in [3.8, 4) is 0 Å². The molecule has 0 saturated heterocycles. The summed E-state index contributed by atoms with van der Waals surface area (Å²) in [5.41, 5.74) is 4.61. The fourth-order valence-corrected chi connectivity index (χ4v) is 5.29. The maximum Gasteiger partial charge on any atom is 0.258 e. The van der Waals surface area contributed by atoms with E-state index in [0.29, 0.717) is 24.4 Å². The van der Waals surface area contributed by atoms with Gasteiger partial charge in [0, 0.05) is 23.2 Å². The summed E-state index contributed by atoms with van der Waals surface area (Å²) in [5, 5.41) is 6.08. The van der Waals surface area contributed by atoms with Gasteiger partial charge in [-0.05, 0) is 60.2 Å². The van der Waals surface area contributed by atoms with Crippen LogP contribution in [0.2, 0.25) is 0 Å². The average molecular weight is 455 g/mol. The average Bonchev–Trinajstić information content (AvgIpc) is 3.38. The fourth-order valence-electron chi connectivity index (χ4n) is 5.29. The molecular weight excluding hydrogens is 424 g/mol.